The first-order valence-corrected chi connectivity index (χ1v) is 8.36. The summed E-state index contributed by atoms with van der Waals surface area (Å²) in [5.74, 6) is 0.754. The molecule has 128 valence electrons. The van der Waals surface area contributed by atoms with Crippen LogP contribution in [0.4, 0.5) is 5.95 Å². The monoisotopic (exact) mass is 336 g/mol. The minimum Gasteiger partial charge on any atom is -0.378 e. The lowest BCUT2D eigenvalue weighted by Gasteiger charge is -2.26. The predicted molar refractivity (Wildman–Crippen MR) is 94.9 cm³/mol. The molecule has 0 aromatic carbocycles. The number of hydrogen-bond donors (Lipinski definition) is 0. The lowest BCUT2D eigenvalue weighted by molar-refractivity contribution is 0.122. The van der Waals surface area contributed by atoms with Crippen LogP contribution in [0, 0.1) is 13.8 Å². The van der Waals surface area contributed by atoms with Crippen molar-refractivity contribution in [2.24, 2.45) is 0 Å². The molecule has 25 heavy (non-hydrogen) atoms. The Labute approximate surface area is 146 Å². The zero-order chi connectivity index (χ0) is 17.2. The van der Waals surface area contributed by atoms with Crippen molar-refractivity contribution in [1.29, 1.82) is 0 Å². The summed E-state index contributed by atoms with van der Waals surface area (Å²) in [7, 11) is 0. The van der Waals surface area contributed by atoms with Crippen molar-refractivity contribution in [3.63, 3.8) is 0 Å². The van der Waals surface area contributed by atoms with E-state index in [2.05, 4.69) is 31.9 Å². The van der Waals surface area contributed by atoms with E-state index in [0.717, 1.165) is 60.5 Å². The average molecular weight is 336 g/mol. The molecular weight excluding hydrogens is 316 g/mol. The van der Waals surface area contributed by atoms with Crippen molar-refractivity contribution in [3.8, 4) is 16.8 Å². The molecule has 0 saturated carbocycles. The van der Waals surface area contributed by atoms with Crippen LogP contribution in [0.1, 0.15) is 11.4 Å². The van der Waals surface area contributed by atoms with Gasteiger partial charge >= 0.3 is 0 Å². The Kier molecular flexibility index (Phi) is 4.15. The molecule has 0 aliphatic carbocycles. The van der Waals surface area contributed by atoms with Gasteiger partial charge in [0, 0.05) is 54.7 Å². The van der Waals surface area contributed by atoms with E-state index in [4.69, 9.17) is 4.74 Å². The van der Waals surface area contributed by atoms with E-state index >= 15 is 0 Å². The number of rotatable bonds is 3. The second kappa shape index (κ2) is 6.60. The molecule has 0 spiro atoms. The average Bonchev–Trinajstić information content (AvgIpc) is 2.98. The molecule has 7 nitrogen and oxygen atoms in total. The van der Waals surface area contributed by atoms with Gasteiger partial charge in [-0.15, -0.1) is 0 Å². The van der Waals surface area contributed by atoms with E-state index < -0.39 is 0 Å². The molecule has 4 heterocycles. The largest absolute Gasteiger partial charge is 0.378 e. The first-order chi connectivity index (χ1) is 12.2. The Morgan fingerprint density at radius 2 is 1.68 bits per heavy atom. The summed E-state index contributed by atoms with van der Waals surface area (Å²) in [6.07, 6.45) is 7.30. The lowest BCUT2D eigenvalue weighted by Crippen LogP contribution is -2.37. The molecule has 3 aromatic heterocycles. The molecule has 0 amide bonds. The molecule has 0 unspecified atom stereocenters. The smallest absolute Gasteiger partial charge is 0.225 e. The second-order valence-corrected chi connectivity index (χ2v) is 6.03. The van der Waals surface area contributed by atoms with Gasteiger partial charge in [0.25, 0.3) is 0 Å². The van der Waals surface area contributed by atoms with Crippen molar-refractivity contribution in [3.05, 3.63) is 48.3 Å². The molecular formula is C18H20N6O. The quantitative estimate of drug-likeness (QED) is 0.730. The molecule has 3 aromatic rings. The summed E-state index contributed by atoms with van der Waals surface area (Å²) in [5.41, 5.74) is 5.06. The number of anilines is 1. The topological polar surface area (TPSA) is 69.0 Å². The number of hydrogen-bond acceptors (Lipinski definition) is 6. The number of ether oxygens (including phenoxy) is 1. The highest BCUT2D eigenvalue weighted by Gasteiger charge is 2.17. The van der Waals surface area contributed by atoms with E-state index in [9.17, 15) is 0 Å². The van der Waals surface area contributed by atoms with Crippen molar-refractivity contribution in [2.75, 3.05) is 31.2 Å². The van der Waals surface area contributed by atoms with Crippen LogP contribution in [0.3, 0.4) is 0 Å². The Balaban J connectivity index is 1.67. The highest BCUT2D eigenvalue weighted by molar-refractivity contribution is 5.68. The Morgan fingerprint density at radius 1 is 1.00 bits per heavy atom. The Hall–Kier alpha value is -2.80. The van der Waals surface area contributed by atoms with Crippen molar-refractivity contribution < 1.29 is 4.74 Å². The molecule has 1 aliphatic rings. The third-order valence-electron chi connectivity index (χ3n) is 4.42. The molecule has 0 bridgehead atoms. The number of nitrogens with zero attached hydrogens (tertiary/aromatic N) is 6. The number of morpholine rings is 1. The third kappa shape index (κ3) is 2.98. The number of aryl methyl sites for hydroxylation is 1. The van der Waals surface area contributed by atoms with Crippen LogP contribution in [-0.2, 0) is 4.74 Å². The van der Waals surface area contributed by atoms with Crippen molar-refractivity contribution >= 4 is 5.95 Å². The molecule has 4 rings (SSSR count). The maximum atomic E-state index is 5.38. The summed E-state index contributed by atoms with van der Waals surface area (Å²) in [6.45, 7) is 7.18. The van der Waals surface area contributed by atoms with Crippen LogP contribution in [0.25, 0.3) is 16.8 Å². The zero-order valence-electron chi connectivity index (χ0n) is 14.4. The van der Waals surface area contributed by atoms with Gasteiger partial charge in [-0.1, -0.05) is 0 Å². The van der Waals surface area contributed by atoms with Crippen LogP contribution < -0.4 is 4.90 Å². The van der Waals surface area contributed by atoms with Gasteiger partial charge < -0.3 is 9.64 Å². The predicted octanol–water partition coefficient (Wildman–Crippen LogP) is 2.18. The van der Waals surface area contributed by atoms with Crippen LogP contribution in [-0.4, -0.2) is 51.0 Å². The molecule has 0 radical (unpaired) electrons. The third-order valence-corrected chi connectivity index (χ3v) is 4.42. The van der Waals surface area contributed by atoms with E-state index in [1.165, 1.54) is 0 Å². The van der Waals surface area contributed by atoms with Gasteiger partial charge in [-0.05, 0) is 26.0 Å². The fourth-order valence-electron chi connectivity index (χ4n) is 3.17. The van der Waals surface area contributed by atoms with Crippen LogP contribution in [0.15, 0.2) is 36.9 Å². The van der Waals surface area contributed by atoms with Crippen molar-refractivity contribution in [2.45, 2.75) is 13.8 Å². The number of aromatic nitrogens is 5. The fourth-order valence-corrected chi connectivity index (χ4v) is 3.17. The maximum absolute atomic E-state index is 5.38. The molecule has 0 N–H and O–H groups in total. The summed E-state index contributed by atoms with van der Waals surface area (Å²) in [5, 5.41) is 4.68. The highest BCUT2D eigenvalue weighted by Crippen LogP contribution is 2.28. The normalized spacial score (nSPS) is 14.7. The maximum Gasteiger partial charge on any atom is 0.225 e. The first kappa shape index (κ1) is 15.7. The van der Waals surface area contributed by atoms with E-state index in [1.807, 2.05) is 36.1 Å². The Morgan fingerprint density at radius 3 is 2.36 bits per heavy atom. The summed E-state index contributed by atoms with van der Waals surface area (Å²) < 4.78 is 7.31. The van der Waals surface area contributed by atoms with Gasteiger partial charge in [0.2, 0.25) is 5.95 Å². The van der Waals surface area contributed by atoms with Gasteiger partial charge in [0.05, 0.1) is 24.6 Å². The van der Waals surface area contributed by atoms with Gasteiger partial charge in [0.1, 0.15) is 0 Å². The van der Waals surface area contributed by atoms with Gasteiger partial charge in [-0.3, -0.25) is 4.98 Å². The van der Waals surface area contributed by atoms with Gasteiger partial charge in [-0.25, -0.2) is 14.6 Å². The first-order valence-electron chi connectivity index (χ1n) is 8.36. The SMILES string of the molecule is Cc1nn(-c2ccncc2)c(C)c1-c1cnc(N2CCOCC2)nc1. The van der Waals surface area contributed by atoms with Crippen LogP contribution >= 0.6 is 0 Å². The minimum absolute atomic E-state index is 0.724. The molecule has 0 atom stereocenters. The summed E-state index contributed by atoms with van der Waals surface area (Å²) in [4.78, 5) is 15.3. The lowest BCUT2D eigenvalue weighted by atomic mass is 10.1. The van der Waals surface area contributed by atoms with Crippen LogP contribution in [0.5, 0.6) is 0 Å². The molecule has 7 heteroatoms. The van der Waals surface area contributed by atoms with Gasteiger partial charge in [0.15, 0.2) is 0 Å². The van der Waals surface area contributed by atoms with Crippen molar-refractivity contribution in [1.82, 2.24) is 24.7 Å². The van der Waals surface area contributed by atoms with E-state index in [1.54, 1.807) is 12.4 Å². The van der Waals surface area contributed by atoms with E-state index in [0.29, 0.717) is 0 Å². The molecule has 1 fully saturated rings. The summed E-state index contributed by atoms with van der Waals surface area (Å²) >= 11 is 0. The van der Waals surface area contributed by atoms with E-state index in [-0.39, 0.29) is 0 Å². The highest BCUT2D eigenvalue weighted by atomic mass is 16.5. The second-order valence-electron chi connectivity index (χ2n) is 6.03. The Bertz CT molecular complexity index is 853. The standard InChI is InChI=1S/C18H20N6O/c1-13-17(14(2)24(22-13)16-3-5-19-6-4-16)15-11-20-18(21-12-15)23-7-9-25-10-8-23/h3-6,11-12H,7-10H2,1-2H3. The molecule has 1 saturated heterocycles. The summed E-state index contributed by atoms with van der Waals surface area (Å²) in [6, 6.07) is 3.89. The minimum atomic E-state index is 0.724. The number of pyridine rings is 1. The van der Waals surface area contributed by atoms with Crippen LogP contribution in [0.2, 0.25) is 0 Å². The fraction of sp³-hybridized carbons (Fsp3) is 0.333. The van der Waals surface area contributed by atoms with Gasteiger partial charge in [-0.2, -0.15) is 5.10 Å². The molecule has 1 aliphatic heterocycles. The zero-order valence-corrected chi connectivity index (χ0v) is 14.4.